The van der Waals surface area contributed by atoms with E-state index in [-0.39, 0.29) is 50.8 Å². The lowest BCUT2D eigenvalue weighted by Crippen LogP contribution is -2.47. The van der Waals surface area contributed by atoms with Crippen molar-refractivity contribution in [3.8, 4) is 11.1 Å². The molecule has 35 heavy (non-hydrogen) atoms. The van der Waals surface area contributed by atoms with Crippen molar-refractivity contribution in [2.45, 2.75) is 62.5 Å². The number of benzene rings is 2. The van der Waals surface area contributed by atoms with E-state index in [2.05, 4.69) is 46.7 Å². The van der Waals surface area contributed by atoms with Gasteiger partial charge in [-0.25, -0.2) is 4.39 Å². The number of pyridine rings is 1. The minimum atomic E-state index is -0.164. The van der Waals surface area contributed by atoms with Crippen molar-refractivity contribution >= 4 is 34.0 Å². The second-order valence-electron chi connectivity index (χ2n) is 9.77. The maximum Gasteiger partial charge on any atom is 0.123 e. The van der Waals surface area contributed by atoms with Gasteiger partial charge in [-0.05, 0) is 85.2 Å². The summed E-state index contributed by atoms with van der Waals surface area (Å²) in [6, 6.07) is 19.9. The van der Waals surface area contributed by atoms with Crippen LogP contribution in [-0.2, 0) is 16.7 Å². The van der Waals surface area contributed by atoms with Crippen molar-refractivity contribution in [1.82, 2.24) is 10.3 Å². The number of rotatable bonds is 7. The summed E-state index contributed by atoms with van der Waals surface area (Å²) < 4.78 is 20.1. The monoisotopic (exact) mass is 604 g/mol. The molecule has 2 aromatic carbocycles. The number of hydrogen-bond acceptors (Lipinski definition) is 3. The summed E-state index contributed by atoms with van der Waals surface area (Å²) in [5.41, 5.74) is 5.04. The highest BCUT2D eigenvalue weighted by Gasteiger charge is 2.47. The summed E-state index contributed by atoms with van der Waals surface area (Å²) in [6.45, 7) is 2.53. The first-order valence-electron chi connectivity index (χ1n) is 12.3. The minimum absolute atomic E-state index is 0. The number of ether oxygens (including phenoxy) is 1. The molecule has 0 bridgehead atoms. The molecule has 2 fully saturated rings. The molecular weight excluding hydrogens is 571 g/mol. The first-order chi connectivity index (χ1) is 16.2. The van der Waals surface area contributed by atoms with Crippen molar-refractivity contribution in [1.29, 1.82) is 0 Å². The van der Waals surface area contributed by atoms with E-state index in [1.165, 1.54) is 35.1 Å². The van der Waals surface area contributed by atoms with Gasteiger partial charge < -0.3 is 10.1 Å². The molecule has 3 nitrogen and oxygen atoms in total. The smallest absolute Gasteiger partial charge is 0.123 e. The van der Waals surface area contributed by atoms with Crippen LogP contribution in [0.4, 0.5) is 4.39 Å². The Bertz CT molecular complexity index is 1060. The van der Waals surface area contributed by atoms with Gasteiger partial charge in [-0.2, -0.15) is 0 Å². The summed E-state index contributed by atoms with van der Waals surface area (Å²) in [4.78, 5) is 4.15. The maximum atomic E-state index is 13.7. The first-order valence-corrected chi connectivity index (χ1v) is 12.3. The van der Waals surface area contributed by atoms with Gasteiger partial charge in [0, 0.05) is 31.0 Å². The van der Waals surface area contributed by atoms with Gasteiger partial charge in [0.1, 0.15) is 5.82 Å². The van der Waals surface area contributed by atoms with Crippen LogP contribution >= 0.6 is 34.0 Å². The molecule has 0 radical (unpaired) electrons. The fraction of sp³-hybridized carbons (Fsp3) is 0.414. The summed E-state index contributed by atoms with van der Waals surface area (Å²) in [5, 5.41) is 3.71. The van der Waals surface area contributed by atoms with Crippen molar-refractivity contribution in [3.05, 3.63) is 90.0 Å². The van der Waals surface area contributed by atoms with E-state index in [0.717, 1.165) is 51.8 Å². The van der Waals surface area contributed by atoms with E-state index in [1.807, 2.05) is 24.5 Å². The molecule has 1 N–H and O–H groups in total. The zero-order valence-corrected chi connectivity index (χ0v) is 23.5. The Hall–Kier alpha value is -1.60. The second kappa shape index (κ2) is 12.6. The maximum absolute atomic E-state index is 13.7. The third-order valence-corrected chi connectivity index (χ3v) is 7.73. The van der Waals surface area contributed by atoms with Crippen LogP contribution in [0.5, 0.6) is 0 Å². The molecular formula is C29H35Br2FN2O. The number of nitrogens with one attached hydrogen (secondary N) is 1. The number of nitrogens with zero attached hydrogens (tertiary/aromatic N) is 1. The van der Waals surface area contributed by atoms with Gasteiger partial charge in [0.25, 0.3) is 0 Å². The van der Waals surface area contributed by atoms with Crippen LogP contribution in [-0.4, -0.2) is 23.7 Å². The van der Waals surface area contributed by atoms with Gasteiger partial charge in [-0.15, -0.1) is 34.0 Å². The Morgan fingerprint density at radius 1 is 0.886 bits per heavy atom. The summed E-state index contributed by atoms with van der Waals surface area (Å²) in [6.07, 6.45) is 11.6. The lowest BCUT2D eigenvalue weighted by Gasteiger charge is -2.47. The molecule has 2 heterocycles. The fourth-order valence-corrected chi connectivity index (χ4v) is 6.01. The molecule has 1 aliphatic carbocycles. The lowest BCUT2D eigenvalue weighted by molar-refractivity contribution is -0.103. The molecule has 1 saturated carbocycles. The Balaban J connectivity index is 0.00000171. The van der Waals surface area contributed by atoms with Crippen molar-refractivity contribution in [2.75, 3.05) is 13.2 Å². The normalized spacial score (nSPS) is 20.7. The van der Waals surface area contributed by atoms with Crippen molar-refractivity contribution in [2.24, 2.45) is 0 Å². The highest BCUT2D eigenvalue weighted by molar-refractivity contribution is 8.93. The third kappa shape index (κ3) is 6.40. The van der Waals surface area contributed by atoms with E-state index in [0.29, 0.717) is 0 Å². The van der Waals surface area contributed by atoms with Gasteiger partial charge in [0.15, 0.2) is 0 Å². The third-order valence-electron chi connectivity index (χ3n) is 7.73. The molecule has 1 unspecified atom stereocenters. The van der Waals surface area contributed by atoms with Gasteiger partial charge in [0.2, 0.25) is 0 Å². The van der Waals surface area contributed by atoms with Crippen LogP contribution in [0.2, 0.25) is 0 Å². The standard InChI is InChI=1S/C29H33FN2O.2BrH/c30-26-9-7-25(8-10-26)28(16-20-33-29(22-28)13-3-4-14-29)15-19-32-21-24-5-1-2-6-27(24)23-11-17-31-18-12-23;;/h1-2,5-12,17-18,32H,3-4,13-16,19-22H2;2*1H. The molecule has 2 aliphatic rings. The molecule has 0 amide bonds. The quantitative estimate of drug-likeness (QED) is 0.282. The minimum Gasteiger partial charge on any atom is -0.375 e. The molecule has 188 valence electrons. The van der Waals surface area contributed by atoms with E-state index in [4.69, 9.17) is 4.74 Å². The van der Waals surface area contributed by atoms with Gasteiger partial charge >= 0.3 is 0 Å². The van der Waals surface area contributed by atoms with Gasteiger partial charge in [-0.3, -0.25) is 4.98 Å². The molecule has 5 rings (SSSR count). The number of hydrogen-bond donors (Lipinski definition) is 1. The summed E-state index contributed by atoms with van der Waals surface area (Å²) >= 11 is 0. The van der Waals surface area contributed by atoms with Crippen LogP contribution in [0.25, 0.3) is 11.1 Å². The van der Waals surface area contributed by atoms with Crippen LogP contribution in [0.3, 0.4) is 0 Å². The van der Waals surface area contributed by atoms with Crippen LogP contribution < -0.4 is 5.32 Å². The summed E-state index contributed by atoms with van der Waals surface area (Å²) in [7, 11) is 0. The molecule has 3 aromatic rings. The predicted octanol–water partition coefficient (Wildman–Crippen LogP) is 7.58. The Labute approximate surface area is 229 Å². The van der Waals surface area contributed by atoms with Crippen LogP contribution in [0.1, 0.15) is 56.1 Å². The Kier molecular flexibility index (Phi) is 10.1. The van der Waals surface area contributed by atoms with E-state index >= 15 is 0 Å². The average molecular weight is 606 g/mol. The highest BCUT2D eigenvalue weighted by atomic mass is 79.9. The largest absolute Gasteiger partial charge is 0.375 e. The van der Waals surface area contributed by atoms with Gasteiger partial charge in [0.05, 0.1) is 5.60 Å². The average Bonchev–Trinajstić information content (AvgIpc) is 3.30. The Morgan fingerprint density at radius 2 is 1.60 bits per heavy atom. The Morgan fingerprint density at radius 3 is 2.34 bits per heavy atom. The fourth-order valence-electron chi connectivity index (χ4n) is 6.01. The molecule has 1 atom stereocenters. The molecule has 6 heteroatoms. The SMILES string of the molecule is Br.Br.Fc1ccc(C2(CCNCc3ccccc3-c3ccncc3)CCOC3(CCCC3)C2)cc1. The van der Waals surface area contributed by atoms with Crippen LogP contribution in [0, 0.1) is 5.82 Å². The van der Waals surface area contributed by atoms with Crippen LogP contribution in [0.15, 0.2) is 73.1 Å². The van der Waals surface area contributed by atoms with E-state index < -0.39 is 0 Å². The summed E-state index contributed by atoms with van der Waals surface area (Å²) in [5.74, 6) is -0.164. The number of aromatic nitrogens is 1. The zero-order valence-electron chi connectivity index (χ0n) is 20.0. The van der Waals surface area contributed by atoms with Gasteiger partial charge in [-0.1, -0.05) is 49.2 Å². The molecule has 1 spiro atoms. The second-order valence-corrected chi connectivity index (χ2v) is 9.77. The zero-order chi connectivity index (χ0) is 22.6. The predicted molar refractivity (Wildman–Crippen MR) is 151 cm³/mol. The van der Waals surface area contributed by atoms with Crippen molar-refractivity contribution < 1.29 is 9.13 Å². The van der Waals surface area contributed by atoms with E-state index in [9.17, 15) is 4.39 Å². The molecule has 1 aliphatic heterocycles. The first kappa shape index (κ1) is 28.0. The number of halogens is 3. The molecule has 1 aromatic heterocycles. The highest BCUT2D eigenvalue weighted by Crippen LogP contribution is 2.50. The van der Waals surface area contributed by atoms with E-state index in [1.54, 1.807) is 12.1 Å². The lowest BCUT2D eigenvalue weighted by atomic mass is 9.66. The van der Waals surface area contributed by atoms with Crippen molar-refractivity contribution in [3.63, 3.8) is 0 Å². The topological polar surface area (TPSA) is 34.2 Å². The molecule has 1 saturated heterocycles.